The highest BCUT2D eigenvalue weighted by molar-refractivity contribution is 7.21. The van der Waals surface area contributed by atoms with Crippen LogP contribution >= 0.6 is 22.9 Å². The van der Waals surface area contributed by atoms with Crippen molar-refractivity contribution < 1.29 is 23.5 Å². The van der Waals surface area contributed by atoms with Gasteiger partial charge in [0.05, 0.1) is 15.1 Å². The molecule has 10 heteroatoms. The standard InChI is InChI=1S/C34H36ClF2N3O3S/c1-19-5-6-22(20-13-15-38-16-14-20)17-23(19)18-40(24-9-7-21(8-10-24)31(34(2,3)4)39-33(42)43)32(41)30-28(35)27-25(36)11-12-26(37)29(27)44-30/h5-6,11-17,21,24,31,39H,7-10,18H2,1-4H3,(H,42,43). The van der Waals surface area contributed by atoms with Crippen LogP contribution < -0.4 is 5.32 Å². The first kappa shape index (κ1) is 31.9. The summed E-state index contributed by atoms with van der Waals surface area (Å²) in [5.74, 6) is -1.57. The summed E-state index contributed by atoms with van der Waals surface area (Å²) >= 11 is 7.48. The third-order valence-electron chi connectivity index (χ3n) is 8.71. The average molecular weight is 640 g/mol. The van der Waals surface area contributed by atoms with E-state index in [1.165, 1.54) is 0 Å². The van der Waals surface area contributed by atoms with Gasteiger partial charge in [0.2, 0.25) is 0 Å². The van der Waals surface area contributed by atoms with Crippen molar-refractivity contribution in [1.82, 2.24) is 15.2 Å². The lowest BCUT2D eigenvalue weighted by molar-refractivity contribution is 0.0545. The van der Waals surface area contributed by atoms with Gasteiger partial charge in [-0.15, -0.1) is 11.3 Å². The number of amides is 2. The second kappa shape index (κ2) is 12.8. The number of aromatic nitrogens is 1. The number of benzene rings is 2. The lowest BCUT2D eigenvalue weighted by atomic mass is 9.72. The van der Waals surface area contributed by atoms with Gasteiger partial charge in [0.25, 0.3) is 5.91 Å². The van der Waals surface area contributed by atoms with Crippen LogP contribution in [0, 0.1) is 29.9 Å². The molecule has 0 saturated heterocycles. The van der Waals surface area contributed by atoms with E-state index in [-0.39, 0.29) is 55.9 Å². The van der Waals surface area contributed by atoms with Gasteiger partial charge in [-0.1, -0.05) is 44.5 Å². The van der Waals surface area contributed by atoms with Crippen molar-refractivity contribution in [3.05, 3.63) is 87.5 Å². The van der Waals surface area contributed by atoms with Gasteiger partial charge < -0.3 is 15.3 Å². The summed E-state index contributed by atoms with van der Waals surface area (Å²) in [5.41, 5.74) is 3.66. The Morgan fingerprint density at radius 3 is 2.32 bits per heavy atom. The number of nitrogens with one attached hydrogen (secondary N) is 1. The Bertz CT molecular complexity index is 1680. The lowest BCUT2D eigenvalue weighted by Gasteiger charge is -2.43. The normalized spacial score (nSPS) is 17.8. The van der Waals surface area contributed by atoms with Crippen LogP contribution in [0.2, 0.25) is 5.02 Å². The summed E-state index contributed by atoms with van der Waals surface area (Å²) in [7, 11) is 0. The fraction of sp³-hybridized carbons (Fsp3) is 0.382. The predicted octanol–water partition coefficient (Wildman–Crippen LogP) is 9.09. The summed E-state index contributed by atoms with van der Waals surface area (Å²) in [6, 6.07) is 11.6. The molecule has 0 aliphatic heterocycles. The first-order valence-corrected chi connectivity index (χ1v) is 15.9. The van der Waals surface area contributed by atoms with E-state index in [1.54, 1.807) is 17.3 Å². The van der Waals surface area contributed by atoms with Crippen molar-refractivity contribution in [3.63, 3.8) is 0 Å². The summed E-state index contributed by atoms with van der Waals surface area (Å²) in [4.78, 5) is 32.0. The van der Waals surface area contributed by atoms with Crippen LogP contribution in [0.5, 0.6) is 0 Å². The molecule has 0 radical (unpaired) electrons. The summed E-state index contributed by atoms with van der Waals surface area (Å²) in [6.45, 7) is 8.35. The van der Waals surface area contributed by atoms with E-state index >= 15 is 0 Å². The van der Waals surface area contributed by atoms with E-state index in [1.807, 2.05) is 52.0 Å². The minimum atomic E-state index is -1.05. The molecule has 1 fully saturated rings. The van der Waals surface area contributed by atoms with Crippen molar-refractivity contribution >= 4 is 45.0 Å². The Hall–Kier alpha value is -3.56. The molecule has 0 bridgehead atoms. The minimum Gasteiger partial charge on any atom is -0.465 e. The Kier molecular flexibility index (Phi) is 9.28. The number of halogens is 3. The van der Waals surface area contributed by atoms with E-state index in [0.717, 1.165) is 58.6 Å². The zero-order chi connectivity index (χ0) is 31.8. The fourth-order valence-corrected chi connectivity index (χ4v) is 7.91. The van der Waals surface area contributed by atoms with Gasteiger partial charge >= 0.3 is 6.09 Å². The zero-order valence-electron chi connectivity index (χ0n) is 25.2. The molecule has 2 N–H and O–H groups in total. The number of nitrogens with zero attached hydrogens (tertiary/aromatic N) is 2. The molecule has 0 spiro atoms. The van der Waals surface area contributed by atoms with Gasteiger partial charge in [0.1, 0.15) is 16.5 Å². The average Bonchev–Trinajstić information content (AvgIpc) is 3.35. The number of thiophene rings is 1. The van der Waals surface area contributed by atoms with Gasteiger partial charge in [0, 0.05) is 31.0 Å². The largest absolute Gasteiger partial charge is 0.465 e. The minimum absolute atomic E-state index is 0.0191. The Morgan fingerprint density at radius 2 is 1.70 bits per heavy atom. The third-order valence-corrected chi connectivity index (χ3v) is 10.4. The lowest BCUT2D eigenvalue weighted by Crippen LogP contribution is -2.50. The van der Waals surface area contributed by atoms with Crippen LogP contribution in [0.25, 0.3) is 21.2 Å². The van der Waals surface area contributed by atoms with Crippen molar-refractivity contribution in [2.45, 2.75) is 72.0 Å². The molecule has 2 aromatic heterocycles. The summed E-state index contributed by atoms with van der Waals surface area (Å²) < 4.78 is 29.5. The van der Waals surface area contributed by atoms with Crippen molar-refractivity contribution in [2.24, 2.45) is 11.3 Å². The Morgan fingerprint density at radius 1 is 1.05 bits per heavy atom. The molecule has 1 aliphatic carbocycles. The maximum atomic E-state index is 14.7. The molecule has 2 amide bonds. The van der Waals surface area contributed by atoms with E-state index in [0.29, 0.717) is 12.8 Å². The Balaban J connectivity index is 1.50. The van der Waals surface area contributed by atoms with Gasteiger partial charge in [-0.05, 0) is 96.5 Å². The monoisotopic (exact) mass is 639 g/mol. The quantitative estimate of drug-likeness (QED) is 0.211. The van der Waals surface area contributed by atoms with Gasteiger partial charge in [-0.2, -0.15) is 0 Å². The molecule has 1 atom stereocenters. The number of hydrogen-bond donors (Lipinski definition) is 2. The zero-order valence-corrected chi connectivity index (χ0v) is 26.7. The number of hydrogen-bond acceptors (Lipinski definition) is 4. The van der Waals surface area contributed by atoms with E-state index in [9.17, 15) is 23.5 Å². The SMILES string of the molecule is Cc1ccc(-c2ccncc2)cc1CN(C(=O)c1sc2c(F)ccc(F)c2c1Cl)C1CCC(C(NC(=O)O)C(C)(C)C)CC1. The fourth-order valence-electron chi connectivity index (χ4n) is 6.40. The highest BCUT2D eigenvalue weighted by atomic mass is 35.5. The number of fused-ring (bicyclic) bond motifs is 1. The van der Waals surface area contributed by atoms with E-state index in [2.05, 4.69) is 16.4 Å². The van der Waals surface area contributed by atoms with Crippen molar-refractivity contribution in [1.29, 1.82) is 0 Å². The molecule has 6 nitrogen and oxygen atoms in total. The predicted molar refractivity (Wildman–Crippen MR) is 171 cm³/mol. The summed E-state index contributed by atoms with van der Waals surface area (Å²) in [6.07, 6.45) is 5.15. The second-order valence-corrected chi connectivity index (χ2v) is 14.0. The topological polar surface area (TPSA) is 82.5 Å². The maximum absolute atomic E-state index is 14.7. The number of aryl methyl sites for hydroxylation is 1. The Labute approximate surface area is 265 Å². The molecule has 44 heavy (non-hydrogen) atoms. The number of rotatable bonds is 7. The van der Waals surface area contributed by atoms with Crippen LogP contribution in [0.4, 0.5) is 13.6 Å². The van der Waals surface area contributed by atoms with Gasteiger partial charge in [-0.3, -0.25) is 9.78 Å². The first-order valence-electron chi connectivity index (χ1n) is 14.7. The number of carbonyl (C=O) groups is 2. The molecular formula is C34H36ClF2N3O3S. The smallest absolute Gasteiger partial charge is 0.404 e. The molecule has 1 aliphatic rings. The van der Waals surface area contributed by atoms with Crippen LogP contribution in [0.1, 0.15) is 67.3 Å². The maximum Gasteiger partial charge on any atom is 0.404 e. The van der Waals surface area contributed by atoms with Gasteiger partial charge in [-0.25, -0.2) is 13.6 Å². The van der Waals surface area contributed by atoms with Crippen LogP contribution in [0.15, 0.2) is 54.9 Å². The third kappa shape index (κ3) is 6.59. The summed E-state index contributed by atoms with van der Waals surface area (Å²) in [5, 5.41) is 12.1. The molecule has 2 aromatic carbocycles. The molecule has 4 aromatic rings. The van der Waals surface area contributed by atoms with Crippen LogP contribution in [-0.2, 0) is 6.54 Å². The van der Waals surface area contributed by atoms with Crippen LogP contribution in [-0.4, -0.2) is 39.1 Å². The molecule has 232 valence electrons. The number of carboxylic acid groups (broad SMARTS) is 1. The molecule has 2 heterocycles. The number of carbonyl (C=O) groups excluding carboxylic acids is 1. The molecule has 5 rings (SSSR count). The van der Waals surface area contributed by atoms with E-state index in [4.69, 9.17) is 11.6 Å². The van der Waals surface area contributed by atoms with Crippen LogP contribution in [0.3, 0.4) is 0 Å². The first-order chi connectivity index (χ1) is 20.8. The highest BCUT2D eigenvalue weighted by Gasteiger charge is 2.39. The van der Waals surface area contributed by atoms with Crippen molar-refractivity contribution in [3.8, 4) is 11.1 Å². The van der Waals surface area contributed by atoms with Crippen molar-refractivity contribution in [2.75, 3.05) is 0 Å². The molecule has 1 unspecified atom stereocenters. The van der Waals surface area contributed by atoms with Gasteiger partial charge in [0.15, 0.2) is 0 Å². The second-order valence-electron chi connectivity index (χ2n) is 12.7. The van der Waals surface area contributed by atoms with E-state index < -0.39 is 17.7 Å². The molecular weight excluding hydrogens is 604 g/mol. The number of pyridine rings is 1. The highest BCUT2D eigenvalue weighted by Crippen LogP contribution is 2.42. The molecule has 1 saturated carbocycles.